The standard InChI is InChI=1S/C10H20N2O3S/c1-3-10(2,11)9(13)12-6-8-4-5-16(14,15)7-8/h8H,3-7,11H2,1-2H3,(H,12,13). The van der Waals surface area contributed by atoms with Gasteiger partial charge in [0, 0.05) is 6.54 Å². The van der Waals surface area contributed by atoms with Crippen molar-refractivity contribution < 1.29 is 13.2 Å². The molecule has 1 fully saturated rings. The molecule has 0 bridgehead atoms. The number of rotatable bonds is 4. The fourth-order valence-electron chi connectivity index (χ4n) is 1.63. The summed E-state index contributed by atoms with van der Waals surface area (Å²) in [5, 5.41) is 2.73. The van der Waals surface area contributed by atoms with Crippen molar-refractivity contribution >= 4 is 15.7 Å². The van der Waals surface area contributed by atoms with Gasteiger partial charge in [0.1, 0.15) is 0 Å². The molecular formula is C10H20N2O3S. The van der Waals surface area contributed by atoms with E-state index in [0.717, 1.165) is 0 Å². The highest BCUT2D eigenvalue weighted by molar-refractivity contribution is 7.91. The maximum absolute atomic E-state index is 11.6. The highest BCUT2D eigenvalue weighted by Gasteiger charge is 2.30. The molecule has 6 heteroatoms. The Hall–Kier alpha value is -0.620. The summed E-state index contributed by atoms with van der Waals surface area (Å²) < 4.78 is 22.4. The fourth-order valence-corrected chi connectivity index (χ4v) is 3.49. The van der Waals surface area contributed by atoms with Crippen LogP contribution in [0.15, 0.2) is 0 Å². The molecular weight excluding hydrogens is 228 g/mol. The first-order valence-corrected chi connectivity index (χ1v) is 7.36. The number of hydrogen-bond donors (Lipinski definition) is 2. The maximum atomic E-state index is 11.6. The second-order valence-corrected chi connectivity index (χ2v) is 6.98. The molecule has 1 aliphatic rings. The van der Waals surface area contributed by atoms with E-state index in [1.807, 2.05) is 6.92 Å². The Labute approximate surface area is 96.7 Å². The molecule has 0 saturated carbocycles. The van der Waals surface area contributed by atoms with E-state index in [9.17, 15) is 13.2 Å². The van der Waals surface area contributed by atoms with Gasteiger partial charge in [-0.1, -0.05) is 6.92 Å². The van der Waals surface area contributed by atoms with E-state index >= 15 is 0 Å². The van der Waals surface area contributed by atoms with Crippen LogP contribution in [0.5, 0.6) is 0 Å². The first-order valence-electron chi connectivity index (χ1n) is 5.54. The zero-order chi connectivity index (χ0) is 12.4. The molecule has 0 spiro atoms. The van der Waals surface area contributed by atoms with Crippen LogP contribution in [-0.4, -0.2) is 37.9 Å². The van der Waals surface area contributed by atoms with Crippen LogP contribution in [0.4, 0.5) is 0 Å². The Morgan fingerprint density at radius 2 is 2.19 bits per heavy atom. The van der Waals surface area contributed by atoms with Crippen molar-refractivity contribution in [1.82, 2.24) is 5.32 Å². The molecule has 0 aliphatic carbocycles. The lowest BCUT2D eigenvalue weighted by Gasteiger charge is -2.22. The molecule has 2 atom stereocenters. The summed E-state index contributed by atoms with van der Waals surface area (Å²) in [7, 11) is -2.87. The maximum Gasteiger partial charge on any atom is 0.239 e. The van der Waals surface area contributed by atoms with Crippen LogP contribution in [0.25, 0.3) is 0 Å². The average molecular weight is 248 g/mol. The Balaban J connectivity index is 2.39. The van der Waals surface area contributed by atoms with Crippen molar-refractivity contribution in [1.29, 1.82) is 0 Å². The first kappa shape index (κ1) is 13.4. The topological polar surface area (TPSA) is 89.3 Å². The number of nitrogens with two attached hydrogens (primary N) is 1. The van der Waals surface area contributed by atoms with E-state index in [4.69, 9.17) is 5.73 Å². The number of nitrogens with one attached hydrogen (secondary N) is 1. The van der Waals surface area contributed by atoms with Gasteiger partial charge in [-0.2, -0.15) is 0 Å². The lowest BCUT2D eigenvalue weighted by atomic mass is 9.99. The van der Waals surface area contributed by atoms with E-state index in [1.54, 1.807) is 6.92 Å². The van der Waals surface area contributed by atoms with E-state index in [1.165, 1.54) is 0 Å². The van der Waals surface area contributed by atoms with Crippen LogP contribution in [0.2, 0.25) is 0 Å². The lowest BCUT2D eigenvalue weighted by molar-refractivity contribution is -0.126. The van der Waals surface area contributed by atoms with Crippen LogP contribution in [0.3, 0.4) is 0 Å². The normalized spacial score (nSPS) is 27.3. The van der Waals surface area contributed by atoms with Crippen molar-refractivity contribution in [2.24, 2.45) is 11.7 Å². The third-order valence-electron chi connectivity index (χ3n) is 3.13. The Bertz CT molecular complexity index is 362. The third kappa shape index (κ3) is 3.45. The van der Waals surface area contributed by atoms with Gasteiger partial charge in [-0.25, -0.2) is 8.42 Å². The molecule has 1 heterocycles. The minimum Gasteiger partial charge on any atom is -0.354 e. The van der Waals surface area contributed by atoms with Crippen molar-refractivity contribution in [3.63, 3.8) is 0 Å². The molecule has 0 aromatic carbocycles. The summed E-state index contributed by atoms with van der Waals surface area (Å²) in [4.78, 5) is 11.6. The van der Waals surface area contributed by atoms with Crippen molar-refractivity contribution in [3.05, 3.63) is 0 Å². The number of carbonyl (C=O) groups is 1. The SMILES string of the molecule is CCC(C)(N)C(=O)NCC1CCS(=O)(=O)C1. The molecule has 5 nitrogen and oxygen atoms in total. The molecule has 1 saturated heterocycles. The van der Waals surface area contributed by atoms with Gasteiger partial charge in [0.2, 0.25) is 5.91 Å². The fraction of sp³-hybridized carbons (Fsp3) is 0.900. The summed E-state index contributed by atoms with van der Waals surface area (Å²) in [6.07, 6.45) is 1.19. The zero-order valence-electron chi connectivity index (χ0n) is 9.82. The van der Waals surface area contributed by atoms with E-state index in [0.29, 0.717) is 19.4 Å². The Morgan fingerprint density at radius 3 is 2.62 bits per heavy atom. The molecule has 1 amide bonds. The molecule has 2 unspecified atom stereocenters. The van der Waals surface area contributed by atoms with Crippen LogP contribution in [0.1, 0.15) is 26.7 Å². The highest BCUT2D eigenvalue weighted by atomic mass is 32.2. The monoisotopic (exact) mass is 248 g/mol. The van der Waals surface area contributed by atoms with Gasteiger partial charge in [0.25, 0.3) is 0 Å². The minimum atomic E-state index is -2.87. The van der Waals surface area contributed by atoms with Gasteiger partial charge >= 0.3 is 0 Å². The Kier molecular flexibility index (Phi) is 3.96. The van der Waals surface area contributed by atoms with Crippen LogP contribution in [-0.2, 0) is 14.6 Å². The van der Waals surface area contributed by atoms with Gasteiger partial charge < -0.3 is 11.1 Å². The molecule has 1 aliphatic heterocycles. The zero-order valence-corrected chi connectivity index (χ0v) is 10.6. The first-order chi connectivity index (χ1) is 7.27. The summed E-state index contributed by atoms with van der Waals surface area (Å²) >= 11 is 0. The summed E-state index contributed by atoms with van der Waals surface area (Å²) in [6.45, 7) is 3.93. The van der Waals surface area contributed by atoms with E-state index < -0.39 is 15.4 Å². The minimum absolute atomic E-state index is 0.0432. The van der Waals surface area contributed by atoms with Crippen molar-refractivity contribution in [3.8, 4) is 0 Å². The van der Waals surface area contributed by atoms with Crippen LogP contribution < -0.4 is 11.1 Å². The molecule has 94 valence electrons. The highest BCUT2D eigenvalue weighted by Crippen LogP contribution is 2.17. The Morgan fingerprint density at radius 1 is 1.56 bits per heavy atom. The van der Waals surface area contributed by atoms with Gasteiger partial charge in [0.15, 0.2) is 9.84 Å². The van der Waals surface area contributed by atoms with Crippen LogP contribution in [0, 0.1) is 5.92 Å². The number of sulfone groups is 1. The second-order valence-electron chi connectivity index (χ2n) is 4.75. The third-order valence-corrected chi connectivity index (χ3v) is 4.97. The lowest BCUT2D eigenvalue weighted by Crippen LogP contribution is -2.52. The van der Waals surface area contributed by atoms with Gasteiger partial charge in [0.05, 0.1) is 17.0 Å². The van der Waals surface area contributed by atoms with Crippen molar-refractivity contribution in [2.75, 3.05) is 18.1 Å². The van der Waals surface area contributed by atoms with Gasteiger partial charge in [-0.3, -0.25) is 4.79 Å². The predicted molar refractivity (Wildman–Crippen MR) is 62.7 cm³/mol. The molecule has 1 rings (SSSR count). The molecule has 0 aromatic rings. The predicted octanol–water partition coefficient (Wildman–Crippen LogP) is -0.335. The molecule has 3 N–H and O–H groups in total. The summed E-state index contributed by atoms with van der Waals surface area (Å²) in [6, 6.07) is 0. The number of amides is 1. The van der Waals surface area contributed by atoms with Gasteiger partial charge in [-0.15, -0.1) is 0 Å². The number of hydrogen-bond acceptors (Lipinski definition) is 4. The van der Waals surface area contributed by atoms with Gasteiger partial charge in [-0.05, 0) is 25.7 Å². The largest absolute Gasteiger partial charge is 0.354 e. The average Bonchev–Trinajstić information content (AvgIpc) is 2.54. The molecule has 0 aromatic heterocycles. The molecule has 0 radical (unpaired) electrons. The van der Waals surface area contributed by atoms with E-state index in [2.05, 4.69) is 5.32 Å². The van der Waals surface area contributed by atoms with Crippen LogP contribution >= 0.6 is 0 Å². The smallest absolute Gasteiger partial charge is 0.239 e. The number of carbonyl (C=O) groups excluding carboxylic acids is 1. The quantitative estimate of drug-likeness (QED) is 0.712. The second kappa shape index (κ2) is 4.71. The summed E-state index contributed by atoms with van der Waals surface area (Å²) in [5.41, 5.74) is 4.90. The van der Waals surface area contributed by atoms with E-state index in [-0.39, 0.29) is 23.3 Å². The summed E-state index contributed by atoms with van der Waals surface area (Å²) in [5.74, 6) is 0.253. The molecule has 16 heavy (non-hydrogen) atoms. The van der Waals surface area contributed by atoms with Crippen molar-refractivity contribution in [2.45, 2.75) is 32.2 Å².